The molecule has 0 amide bonds. The Bertz CT molecular complexity index is 175. The molecule has 0 aromatic rings. The van der Waals surface area contributed by atoms with Crippen LogP contribution >= 0.6 is 0 Å². The molecule has 1 aliphatic rings. The molecule has 1 heterocycles. The van der Waals surface area contributed by atoms with Crippen LogP contribution in [0, 0.1) is 5.92 Å². The summed E-state index contributed by atoms with van der Waals surface area (Å²) in [5.41, 5.74) is 5.68. The zero-order valence-electron chi connectivity index (χ0n) is 11.0. The molecular formula is C13H28N2O. The maximum Gasteiger partial charge on any atom is 0.0709 e. The van der Waals surface area contributed by atoms with Crippen LogP contribution in [0.4, 0.5) is 0 Å². The largest absolute Gasteiger partial charge is 0.377 e. The van der Waals surface area contributed by atoms with Crippen LogP contribution in [0.2, 0.25) is 0 Å². The van der Waals surface area contributed by atoms with Gasteiger partial charge in [0.15, 0.2) is 0 Å². The highest BCUT2D eigenvalue weighted by atomic mass is 16.5. The highest BCUT2D eigenvalue weighted by Crippen LogP contribution is 2.19. The molecule has 2 N–H and O–H groups in total. The molecule has 1 rings (SSSR count). The van der Waals surface area contributed by atoms with Crippen molar-refractivity contribution in [2.24, 2.45) is 11.7 Å². The van der Waals surface area contributed by atoms with Gasteiger partial charge < -0.3 is 15.4 Å². The first kappa shape index (κ1) is 13.9. The maximum absolute atomic E-state index is 5.68. The van der Waals surface area contributed by atoms with Gasteiger partial charge in [-0.05, 0) is 38.6 Å². The minimum atomic E-state index is 0.256. The van der Waals surface area contributed by atoms with Crippen LogP contribution in [-0.2, 0) is 4.74 Å². The molecule has 16 heavy (non-hydrogen) atoms. The molecule has 0 radical (unpaired) electrons. The van der Waals surface area contributed by atoms with Gasteiger partial charge in [0, 0.05) is 26.2 Å². The predicted molar refractivity (Wildman–Crippen MR) is 68.5 cm³/mol. The number of hydrogen-bond acceptors (Lipinski definition) is 3. The first-order chi connectivity index (χ1) is 7.80. The van der Waals surface area contributed by atoms with Crippen LogP contribution in [0.5, 0.6) is 0 Å². The molecule has 2 unspecified atom stereocenters. The van der Waals surface area contributed by atoms with Gasteiger partial charge in [0.1, 0.15) is 0 Å². The lowest BCUT2D eigenvalue weighted by atomic mass is 9.95. The minimum absolute atomic E-state index is 0.256. The number of rotatable bonds is 7. The summed E-state index contributed by atoms with van der Waals surface area (Å²) in [6.45, 7) is 9.46. The van der Waals surface area contributed by atoms with E-state index >= 15 is 0 Å². The van der Waals surface area contributed by atoms with E-state index in [4.69, 9.17) is 10.5 Å². The van der Waals surface area contributed by atoms with Crippen molar-refractivity contribution in [3.8, 4) is 0 Å². The SMILES string of the molecule is CCOC(CN)CCN1CCCC(CC)C1. The predicted octanol–water partition coefficient (Wildman–Crippen LogP) is 1.86. The van der Waals surface area contributed by atoms with Crippen molar-refractivity contribution in [3.05, 3.63) is 0 Å². The Morgan fingerprint density at radius 3 is 2.88 bits per heavy atom. The molecule has 0 saturated carbocycles. The molecule has 96 valence electrons. The fraction of sp³-hybridized carbons (Fsp3) is 1.00. The number of nitrogens with zero attached hydrogens (tertiary/aromatic N) is 1. The monoisotopic (exact) mass is 228 g/mol. The summed E-state index contributed by atoms with van der Waals surface area (Å²) in [6, 6.07) is 0. The lowest BCUT2D eigenvalue weighted by molar-refractivity contribution is 0.0493. The standard InChI is InChI=1S/C13H28N2O/c1-3-12-6-5-8-15(11-12)9-7-13(10-14)16-4-2/h12-13H,3-11,14H2,1-2H3. The zero-order valence-corrected chi connectivity index (χ0v) is 11.0. The van der Waals surface area contributed by atoms with Gasteiger partial charge in [-0.3, -0.25) is 0 Å². The van der Waals surface area contributed by atoms with E-state index < -0.39 is 0 Å². The van der Waals surface area contributed by atoms with E-state index in [2.05, 4.69) is 11.8 Å². The fourth-order valence-corrected chi connectivity index (χ4v) is 2.52. The number of hydrogen-bond donors (Lipinski definition) is 1. The second kappa shape index (κ2) is 8.04. The van der Waals surface area contributed by atoms with Crippen molar-refractivity contribution in [1.29, 1.82) is 0 Å². The first-order valence-electron chi connectivity index (χ1n) is 6.84. The van der Waals surface area contributed by atoms with Crippen molar-refractivity contribution in [2.75, 3.05) is 32.8 Å². The van der Waals surface area contributed by atoms with E-state index in [0.29, 0.717) is 6.54 Å². The Hall–Kier alpha value is -0.120. The van der Waals surface area contributed by atoms with Crippen LogP contribution in [0.25, 0.3) is 0 Å². The Morgan fingerprint density at radius 1 is 1.44 bits per heavy atom. The van der Waals surface area contributed by atoms with Crippen LogP contribution in [0.15, 0.2) is 0 Å². The molecule has 0 spiro atoms. The van der Waals surface area contributed by atoms with Crippen LogP contribution in [-0.4, -0.2) is 43.8 Å². The molecule has 2 atom stereocenters. The Kier molecular flexibility index (Phi) is 7.01. The van der Waals surface area contributed by atoms with Crippen LogP contribution < -0.4 is 5.73 Å². The van der Waals surface area contributed by atoms with Gasteiger partial charge >= 0.3 is 0 Å². The summed E-state index contributed by atoms with van der Waals surface area (Å²) in [6.07, 6.45) is 5.44. The second-order valence-corrected chi connectivity index (χ2v) is 4.82. The van der Waals surface area contributed by atoms with Gasteiger partial charge in [-0.15, -0.1) is 0 Å². The smallest absolute Gasteiger partial charge is 0.0709 e. The topological polar surface area (TPSA) is 38.5 Å². The van der Waals surface area contributed by atoms with Crippen molar-refractivity contribution < 1.29 is 4.74 Å². The molecule has 3 nitrogen and oxygen atoms in total. The van der Waals surface area contributed by atoms with E-state index in [9.17, 15) is 0 Å². The summed E-state index contributed by atoms with van der Waals surface area (Å²) in [4.78, 5) is 2.58. The highest BCUT2D eigenvalue weighted by molar-refractivity contribution is 4.73. The molecular weight excluding hydrogens is 200 g/mol. The van der Waals surface area contributed by atoms with Gasteiger partial charge in [0.25, 0.3) is 0 Å². The summed E-state index contributed by atoms with van der Waals surface area (Å²) < 4.78 is 5.58. The summed E-state index contributed by atoms with van der Waals surface area (Å²) in [5, 5.41) is 0. The maximum atomic E-state index is 5.68. The molecule has 1 saturated heterocycles. The molecule has 3 heteroatoms. The number of piperidine rings is 1. The summed E-state index contributed by atoms with van der Waals surface area (Å²) in [7, 11) is 0. The van der Waals surface area contributed by atoms with Crippen molar-refractivity contribution >= 4 is 0 Å². The van der Waals surface area contributed by atoms with Crippen LogP contribution in [0.3, 0.4) is 0 Å². The number of nitrogens with two attached hydrogens (primary N) is 1. The zero-order chi connectivity index (χ0) is 11.8. The Morgan fingerprint density at radius 2 is 2.25 bits per heavy atom. The molecule has 1 fully saturated rings. The van der Waals surface area contributed by atoms with Gasteiger partial charge in [0.05, 0.1) is 6.10 Å². The number of ether oxygens (including phenoxy) is 1. The van der Waals surface area contributed by atoms with Gasteiger partial charge in [-0.2, -0.15) is 0 Å². The van der Waals surface area contributed by atoms with Crippen LogP contribution in [0.1, 0.15) is 39.5 Å². The normalized spacial score (nSPS) is 24.6. The van der Waals surface area contributed by atoms with E-state index in [-0.39, 0.29) is 6.10 Å². The van der Waals surface area contributed by atoms with Gasteiger partial charge in [-0.1, -0.05) is 13.3 Å². The van der Waals surface area contributed by atoms with E-state index in [0.717, 1.165) is 25.5 Å². The second-order valence-electron chi connectivity index (χ2n) is 4.82. The average molecular weight is 228 g/mol. The third-order valence-electron chi connectivity index (χ3n) is 3.61. The minimum Gasteiger partial charge on any atom is -0.377 e. The molecule has 0 aromatic heterocycles. The van der Waals surface area contributed by atoms with Crippen molar-refractivity contribution in [3.63, 3.8) is 0 Å². The molecule has 0 bridgehead atoms. The third kappa shape index (κ3) is 4.81. The van der Waals surface area contributed by atoms with E-state index in [1.165, 1.54) is 32.4 Å². The molecule has 0 aromatic carbocycles. The van der Waals surface area contributed by atoms with Crippen molar-refractivity contribution in [1.82, 2.24) is 4.90 Å². The lowest BCUT2D eigenvalue weighted by Gasteiger charge is -2.33. The lowest BCUT2D eigenvalue weighted by Crippen LogP contribution is -2.38. The average Bonchev–Trinajstić information content (AvgIpc) is 2.34. The third-order valence-corrected chi connectivity index (χ3v) is 3.61. The Labute approximate surface area is 100 Å². The Balaban J connectivity index is 2.20. The van der Waals surface area contributed by atoms with Gasteiger partial charge in [-0.25, -0.2) is 0 Å². The van der Waals surface area contributed by atoms with E-state index in [1.807, 2.05) is 6.92 Å². The van der Waals surface area contributed by atoms with Gasteiger partial charge in [0.2, 0.25) is 0 Å². The molecule has 0 aliphatic carbocycles. The molecule has 1 aliphatic heterocycles. The van der Waals surface area contributed by atoms with Crippen molar-refractivity contribution in [2.45, 2.75) is 45.6 Å². The fourth-order valence-electron chi connectivity index (χ4n) is 2.52. The number of likely N-dealkylation sites (tertiary alicyclic amines) is 1. The first-order valence-corrected chi connectivity index (χ1v) is 6.84. The van der Waals surface area contributed by atoms with E-state index in [1.54, 1.807) is 0 Å². The summed E-state index contributed by atoms with van der Waals surface area (Å²) >= 11 is 0. The highest BCUT2D eigenvalue weighted by Gasteiger charge is 2.19. The quantitative estimate of drug-likeness (QED) is 0.723. The summed E-state index contributed by atoms with van der Waals surface area (Å²) in [5.74, 6) is 0.914.